The first-order valence-electron chi connectivity index (χ1n) is 5.71. The molecule has 1 atom stereocenters. The second kappa shape index (κ2) is 6.88. The number of thiophene rings is 1. The Bertz CT molecular complexity index is 526. The van der Waals surface area contributed by atoms with Gasteiger partial charge in [-0.05, 0) is 24.8 Å². The number of anilines is 1. The van der Waals surface area contributed by atoms with Gasteiger partial charge in [0.25, 0.3) is 0 Å². The number of thioether (sulfide) groups is 1. The lowest BCUT2D eigenvalue weighted by Gasteiger charge is -2.01. The maximum atomic E-state index is 11.0. The SMILES string of the molecule is C[C@H](Sc1nnc(NCCc2cccs2)s1)C(N)=O. The van der Waals surface area contributed by atoms with Gasteiger partial charge in [-0.2, -0.15) is 0 Å². The van der Waals surface area contributed by atoms with E-state index in [0.29, 0.717) is 0 Å². The fraction of sp³-hybridized carbons (Fsp3) is 0.364. The van der Waals surface area contributed by atoms with E-state index in [4.69, 9.17) is 5.73 Å². The molecule has 0 bridgehead atoms. The highest BCUT2D eigenvalue weighted by molar-refractivity contribution is 8.02. The van der Waals surface area contributed by atoms with E-state index >= 15 is 0 Å². The maximum absolute atomic E-state index is 11.0. The highest BCUT2D eigenvalue weighted by atomic mass is 32.2. The lowest BCUT2D eigenvalue weighted by atomic mass is 10.3. The monoisotopic (exact) mass is 314 g/mol. The first kappa shape index (κ1) is 14.3. The van der Waals surface area contributed by atoms with Crippen molar-refractivity contribution in [1.82, 2.24) is 10.2 Å². The van der Waals surface area contributed by atoms with Crippen molar-refractivity contribution in [1.29, 1.82) is 0 Å². The normalized spacial score (nSPS) is 12.3. The van der Waals surface area contributed by atoms with E-state index in [9.17, 15) is 4.79 Å². The van der Waals surface area contributed by atoms with E-state index in [-0.39, 0.29) is 11.2 Å². The molecule has 2 heterocycles. The van der Waals surface area contributed by atoms with Crippen molar-refractivity contribution in [3.8, 4) is 0 Å². The van der Waals surface area contributed by atoms with Crippen LogP contribution in [0.5, 0.6) is 0 Å². The largest absolute Gasteiger partial charge is 0.369 e. The van der Waals surface area contributed by atoms with Crippen LogP contribution in [0.2, 0.25) is 0 Å². The molecular weight excluding hydrogens is 300 g/mol. The van der Waals surface area contributed by atoms with Crippen LogP contribution in [-0.4, -0.2) is 27.9 Å². The summed E-state index contributed by atoms with van der Waals surface area (Å²) in [5.41, 5.74) is 5.21. The molecule has 0 aliphatic heterocycles. The van der Waals surface area contributed by atoms with Crippen LogP contribution in [0.15, 0.2) is 21.9 Å². The Morgan fingerprint density at radius 2 is 2.42 bits per heavy atom. The quantitative estimate of drug-likeness (QED) is 0.766. The van der Waals surface area contributed by atoms with Crippen LogP contribution in [0, 0.1) is 0 Å². The summed E-state index contributed by atoms with van der Waals surface area (Å²) in [4.78, 5) is 12.3. The van der Waals surface area contributed by atoms with Crippen molar-refractivity contribution in [3.05, 3.63) is 22.4 Å². The van der Waals surface area contributed by atoms with Crippen LogP contribution < -0.4 is 11.1 Å². The van der Waals surface area contributed by atoms with Gasteiger partial charge in [0.2, 0.25) is 11.0 Å². The van der Waals surface area contributed by atoms with Gasteiger partial charge in [0.05, 0.1) is 5.25 Å². The van der Waals surface area contributed by atoms with Gasteiger partial charge in [-0.25, -0.2) is 0 Å². The fourth-order valence-electron chi connectivity index (χ4n) is 1.29. The summed E-state index contributed by atoms with van der Waals surface area (Å²) in [6.45, 7) is 2.59. The molecule has 0 saturated heterocycles. The van der Waals surface area contributed by atoms with E-state index in [2.05, 4.69) is 27.0 Å². The van der Waals surface area contributed by atoms with E-state index in [1.54, 1.807) is 18.3 Å². The molecule has 5 nitrogen and oxygen atoms in total. The maximum Gasteiger partial charge on any atom is 0.230 e. The van der Waals surface area contributed by atoms with E-state index < -0.39 is 0 Å². The number of nitrogens with one attached hydrogen (secondary N) is 1. The Hall–Kier alpha value is -1.12. The van der Waals surface area contributed by atoms with Crippen LogP contribution in [0.1, 0.15) is 11.8 Å². The summed E-state index contributed by atoms with van der Waals surface area (Å²) in [6.07, 6.45) is 0.970. The first-order chi connectivity index (χ1) is 9.15. The van der Waals surface area contributed by atoms with Gasteiger partial charge >= 0.3 is 0 Å². The van der Waals surface area contributed by atoms with Crippen molar-refractivity contribution in [3.63, 3.8) is 0 Å². The molecule has 0 saturated carbocycles. The number of hydrogen-bond acceptors (Lipinski definition) is 7. The van der Waals surface area contributed by atoms with Crippen LogP contribution in [0.25, 0.3) is 0 Å². The third-order valence-electron chi connectivity index (χ3n) is 2.31. The zero-order valence-corrected chi connectivity index (χ0v) is 12.8. The Morgan fingerprint density at radius 1 is 1.58 bits per heavy atom. The van der Waals surface area contributed by atoms with Gasteiger partial charge in [-0.1, -0.05) is 29.2 Å². The van der Waals surface area contributed by atoms with Crippen LogP contribution in [0.4, 0.5) is 5.13 Å². The summed E-state index contributed by atoms with van der Waals surface area (Å²) in [6, 6.07) is 4.16. The minimum atomic E-state index is -0.340. The average molecular weight is 314 g/mol. The molecule has 2 aromatic rings. The molecule has 19 heavy (non-hydrogen) atoms. The first-order valence-corrected chi connectivity index (χ1v) is 8.28. The number of aromatic nitrogens is 2. The summed E-state index contributed by atoms with van der Waals surface area (Å²) < 4.78 is 0.755. The van der Waals surface area contributed by atoms with Gasteiger partial charge in [0.15, 0.2) is 4.34 Å². The predicted molar refractivity (Wildman–Crippen MR) is 80.9 cm³/mol. The minimum Gasteiger partial charge on any atom is -0.369 e. The standard InChI is InChI=1S/C11H14N4OS3/c1-7(9(12)16)18-11-15-14-10(19-11)13-5-4-8-3-2-6-17-8/h2-3,6-7H,4-5H2,1H3,(H2,12,16)(H,13,14)/t7-/m0/s1. The number of hydrogen-bond donors (Lipinski definition) is 2. The molecule has 2 aromatic heterocycles. The van der Waals surface area contributed by atoms with E-state index in [1.165, 1.54) is 28.0 Å². The summed E-state index contributed by atoms with van der Waals surface area (Å²) in [5, 5.41) is 13.8. The highest BCUT2D eigenvalue weighted by Crippen LogP contribution is 2.28. The third kappa shape index (κ3) is 4.48. The van der Waals surface area contributed by atoms with Crippen molar-refractivity contribution < 1.29 is 4.79 Å². The van der Waals surface area contributed by atoms with Gasteiger partial charge < -0.3 is 11.1 Å². The lowest BCUT2D eigenvalue weighted by Crippen LogP contribution is -2.22. The zero-order valence-electron chi connectivity index (χ0n) is 10.3. The number of rotatable bonds is 7. The molecule has 0 aromatic carbocycles. The molecule has 3 N–H and O–H groups in total. The van der Waals surface area contributed by atoms with Gasteiger partial charge in [0.1, 0.15) is 0 Å². The highest BCUT2D eigenvalue weighted by Gasteiger charge is 2.13. The minimum absolute atomic E-state index is 0.285. The van der Waals surface area contributed by atoms with Crippen LogP contribution in [0.3, 0.4) is 0 Å². The molecule has 0 aliphatic carbocycles. The molecule has 0 unspecified atom stereocenters. The van der Waals surface area contributed by atoms with Crippen LogP contribution >= 0.6 is 34.4 Å². The van der Waals surface area contributed by atoms with Crippen molar-refractivity contribution in [2.75, 3.05) is 11.9 Å². The Kier molecular flexibility index (Phi) is 5.17. The summed E-state index contributed by atoms with van der Waals surface area (Å²) in [5.74, 6) is -0.340. The van der Waals surface area contributed by atoms with Gasteiger partial charge in [-0.15, -0.1) is 21.5 Å². The molecule has 2 rings (SSSR count). The smallest absolute Gasteiger partial charge is 0.230 e. The molecule has 8 heteroatoms. The Balaban J connectivity index is 1.79. The average Bonchev–Trinajstić information content (AvgIpc) is 3.01. The number of primary amides is 1. The van der Waals surface area contributed by atoms with Crippen molar-refractivity contribution in [2.45, 2.75) is 22.9 Å². The fourth-order valence-corrected chi connectivity index (χ4v) is 3.87. The molecular formula is C11H14N4OS3. The summed E-state index contributed by atoms with van der Waals surface area (Å²) in [7, 11) is 0. The Labute approximate surface area is 123 Å². The predicted octanol–water partition coefficient (Wildman–Crippen LogP) is 2.22. The van der Waals surface area contributed by atoms with Crippen molar-refractivity contribution >= 4 is 45.5 Å². The van der Waals surface area contributed by atoms with Crippen LogP contribution in [-0.2, 0) is 11.2 Å². The third-order valence-corrected chi connectivity index (χ3v) is 5.33. The number of carbonyl (C=O) groups is 1. The van der Waals surface area contributed by atoms with E-state index in [0.717, 1.165) is 22.4 Å². The topological polar surface area (TPSA) is 80.9 Å². The lowest BCUT2D eigenvalue weighted by molar-refractivity contribution is -0.117. The number of nitrogens with zero attached hydrogens (tertiary/aromatic N) is 2. The number of amides is 1. The van der Waals surface area contributed by atoms with Gasteiger partial charge in [-0.3, -0.25) is 4.79 Å². The molecule has 0 radical (unpaired) electrons. The van der Waals surface area contributed by atoms with Crippen molar-refractivity contribution in [2.24, 2.45) is 5.73 Å². The molecule has 1 amide bonds. The Morgan fingerprint density at radius 3 is 3.11 bits per heavy atom. The van der Waals surface area contributed by atoms with Gasteiger partial charge in [0, 0.05) is 11.4 Å². The number of nitrogens with two attached hydrogens (primary N) is 1. The molecule has 102 valence electrons. The summed E-state index contributed by atoms with van der Waals surface area (Å²) >= 11 is 4.52. The zero-order chi connectivity index (χ0) is 13.7. The second-order valence-corrected chi connectivity index (χ2v) is 7.39. The van der Waals surface area contributed by atoms with E-state index in [1.807, 2.05) is 6.07 Å². The molecule has 0 spiro atoms. The number of carbonyl (C=O) groups excluding carboxylic acids is 1. The molecule has 0 aliphatic rings. The second-order valence-electron chi connectivity index (χ2n) is 3.79. The molecule has 0 fully saturated rings.